The number of hydrogen-bond acceptors (Lipinski definition) is 4. The predicted molar refractivity (Wildman–Crippen MR) is 73.4 cm³/mol. The minimum Gasteiger partial charge on any atom is -0.374 e. The van der Waals surface area contributed by atoms with Crippen LogP contribution in [0.25, 0.3) is 0 Å². The molecule has 0 amide bonds. The molecule has 0 fully saturated rings. The molecule has 98 valence electrons. The van der Waals surface area contributed by atoms with Crippen LogP contribution in [0.4, 0.5) is 0 Å². The molecular formula is C13H24N2OS. The standard InChI is InChI=1S/C13H24N2OS/c1-8(2)12(16-6)13-15-10(5)11(17-13)7-14-9(3)4/h8-9,12,14H,7H2,1-6H3. The number of thiazole rings is 1. The summed E-state index contributed by atoms with van der Waals surface area (Å²) < 4.78 is 5.52. The normalized spacial score (nSPS) is 13.6. The summed E-state index contributed by atoms with van der Waals surface area (Å²) in [6.45, 7) is 11.6. The van der Waals surface area contributed by atoms with Gasteiger partial charge in [0.05, 0.1) is 5.69 Å². The highest BCUT2D eigenvalue weighted by molar-refractivity contribution is 7.11. The summed E-state index contributed by atoms with van der Waals surface area (Å²) in [5.41, 5.74) is 1.13. The van der Waals surface area contributed by atoms with Crippen LogP contribution >= 0.6 is 11.3 Å². The van der Waals surface area contributed by atoms with Gasteiger partial charge in [0.1, 0.15) is 11.1 Å². The Morgan fingerprint density at radius 3 is 2.41 bits per heavy atom. The Balaban J connectivity index is 2.79. The molecule has 3 nitrogen and oxygen atoms in total. The monoisotopic (exact) mass is 256 g/mol. The zero-order valence-corrected chi connectivity index (χ0v) is 12.5. The van der Waals surface area contributed by atoms with E-state index in [4.69, 9.17) is 4.74 Å². The second kappa shape index (κ2) is 6.47. The summed E-state index contributed by atoms with van der Waals surface area (Å²) in [5, 5.41) is 4.53. The van der Waals surface area contributed by atoms with Crippen molar-refractivity contribution >= 4 is 11.3 Å². The summed E-state index contributed by atoms with van der Waals surface area (Å²) in [5.74, 6) is 0.455. The van der Waals surface area contributed by atoms with Crippen molar-refractivity contribution in [3.05, 3.63) is 15.6 Å². The van der Waals surface area contributed by atoms with Crippen LogP contribution < -0.4 is 5.32 Å². The van der Waals surface area contributed by atoms with Crippen LogP contribution in [0, 0.1) is 12.8 Å². The summed E-state index contributed by atoms with van der Waals surface area (Å²) in [6.07, 6.45) is 0.117. The molecule has 0 radical (unpaired) electrons. The number of hydrogen-bond donors (Lipinski definition) is 1. The van der Waals surface area contributed by atoms with Gasteiger partial charge in [0.25, 0.3) is 0 Å². The summed E-state index contributed by atoms with van der Waals surface area (Å²) in [7, 11) is 1.76. The lowest BCUT2D eigenvalue weighted by Gasteiger charge is -2.16. The quantitative estimate of drug-likeness (QED) is 0.848. The molecule has 0 aliphatic heterocycles. The van der Waals surface area contributed by atoms with Crippen molar-refractivity contribution in [2.45, 2.75) is 53.3 Å². The van der Waals surface area contributed by atoms with Gasteiger partial charge >= 0.3 is 0 Å². The third-order valence-corrected chi connectivity index (χ3v) is 3.90. The molecule has 1 unspecified atom stereocenters. The average Bonchev–Trinajstić information content (AvgIpc) is 2.57. The summed E-state index contributed by atoms with van der Waals surface area (Å²) in [6, 6.07) is 0.503. The molecule has 0 aliphatic rings. The Hall–Kier alpha value is -0.450. The molecule has 1 aromatic rings. The first kappa shape index (κ1) is 14.6. The van der Waals surface area contributed by atoms with Crippen molar-refractivity contribution in [2.75, 3.05) is 7.11 Å². The number of ether oxygens (including phenoxy) is 1. The Labute approximate surface area is 109 Å². The smallest absolute Gasteiger partial charge is 0.122 e. The van der Waals surface area contributed by atoms with E-state index in [1.807, 2.05) is 0 Å². The van der Waals surface area contributed by atoms with Crippen molar-refractivity contribution in [3.63, 3.8) is 0 Å². The Morgan fingerprint density at radius 2 is 1.94 bits per heavy atom. The molecule has 1 rings (SSSR count). The number of rotatable bonds is 6. The second-order valence-electron chi connectivity index (χ2n) is 5.00. The number of nitrogens with one attached hydrogen (secondary N) is 1. The van der Waals surface area contributed by atoms with E-state index in [0.717, 1.165) is 17.2 Å². The first-order valence-corrected chi connectivity index (χ1v) is 6.99. The molecule has 1 heterocycles. The fourth-order valence-corrected chi connectivity index (χ4v) is 2.96. The van der Waals surface area contributed by atoms with Gasteiger partial charge in [-0.2, -0.15) is 0 Å². The van der Waals surface area contributed by atoms with E-state index < -0.39 is 0 Å². The molecule has 0 aliphatic carbocycles. The zero-order chi connectivity index (χ0) is 13.0. The third-order valence-electron chi connectivity index (χ3n) is 2.68. The van der Waals surface area contributed by atoms with Gasteiger partial charge in [-0.05, 0) is 12.8 Å². The van der Waals surface area contributed by atoms with Gasteiger partial charge in [0.2, 0.25) is 0 Å². The maximum atomic E-state index is 5.52. The topological polar surface area (TPSA) is 34.1 Å². The van der Waals surface area contributed by atoms with E-state index >= 15 is 0 Å². The largest absolute Gasteiger partial charge is 0.374 e. The second-order valence-corrected chi connectivity index (χ2v) is 6.11. The highest BCUT2D eigenvalue weighted by atomic mass is 32.1. The molecule has 17 heavy (non-hydrogen) atoms. The molecule has 0 saturated heterocycles. The maximum absolute atomic E-state index is 5.52. The van der Waals surface area contributed by atoms with Gasteiger partial charge in [-0.3, -0.25) is 0 Å². The van der Waals surface area contributed by atoms with Crippen molar-refractivity contribution in [1.29, 1.82) is 0 Å². The molecule has 1 atom stereocenters. The van der Waals surface area contributed by atoms with Crippen molar-refractivity contribution in [3.8, 4) is 0 Å². The van der Waals surface area contributed by atoms with E-state index in [9.17, 15) is 0 Å². The van der Waals surface area contributed by atoms with E-state index in [0.29, 0.717) is 12.0 Å². The molecular weight excluding hydrogens is 232 g/mol. The fourth-order valence-electron chi connectivity index (χ4n) is 1.69. The lowest BCUT2D eigenvalue weighted by atomic mass is 10.1. The van der Waals surface area contributed by atoms with E-state index in [2.05, 4.69) is 44.9 Å². The van der Waals surface area contributed by atoms with Crippen molar-refractivity contribution in [2.24, 2.45) is 5.92 Å². The van der Waals surface area contributed by atoms with Crippen molar-refractivity contribution < 1.29 is 4.74 Å². The van der Waals surface area contributed by atoms with Gasteiger partial charge in [-0.15, -0.1) is 11.3 Å². The lowest BCUT2D eigenvalue weighted by Crippen LogP contribution is -2.21. The fraction of sp³-hybridized carbons (Fsp3) is 0.769. The number of methoxy groups -OCH3 is 1. The minimum absolute atomic E-state index is 0.117. The summed E-state index contributed by atoms with van der Waals surface area (Å²) >= 11 is 1.76. The number of aromatic nitrogens is 1. The zero-order valence-electron chi connectivity index (χ0n) is 11.7. The van der Waals surface area contributed by atoms with Gasteiger partial charge in [0.15, 0.2) is 0 Å². The van der Waals surface area contributed by atoms with Crippen LogP contribution in [0.3, 0.4) is 0 Å². The maximum Gasteiger partial charge on any atom is 0.122 e. The van der Waals surface area contributed by atoms with Gasteiger partial charge in [0, 0.05) is 24.6 Å². The Kier molecular flexibility index (Phi) is 5.56. The lowest BCUT2D eigenvalue weighted by molar-refractivity contribution is 0.0643. The van der Waals surface area contributed by atoms with Crippen LogP contribution in [-0.2, 0) is 11.3 Å². The average molecular weight is 256 g/mol. The van der Waals surface area contributed by atoms with Crippen LogP contribution in [0.2, 0.25) is 0 Å². The first-order chi connectivity index (χ1) is 7.95. The predicted octanol–water partition coefficient (Wildman–Crippen LogP) is 3.29. The van der Waals surface area contributed by atoms with E-state index in [1.54, 1.807) is 18.4 Å². The van der Waals surface area contributed by atoms with Crippen LogP contribution in [0.1, 0.15) is 49.4 Å². The number of aryl methyl sites for hydroxylation is 1. The minimum atomic E-state index is 0.117. The van der Waals surface area contributed by atoms with Gasteiger partial charge < -0.3 is 10.1 Å². The SMILES string of the molecule is COC(c1nc(C)c(CNC(C)C)s1)C(C)C. The molecule has 0 bridgehead atoms. The third kappa shape index (κ3) is 4.05. The van der Waals surface area contributed by atoms with Crippen LogP contribution in [0.15, 0.2) is 0 Å². The number of nitrogens with zero attached hydrogens (tertiary/aromatic N) is 1. The molecule has 0 saturated carbocycles. The molecule has 1 aromatic heterocycles. The van der Waals surface area contributed by atoms with Crippen LogP contribution in [0.5, 0.6) is 0 Å². The highest BCUT2D eigenvalue weighted by Crippen LogP contribution is 2.30. The van der Waals surface area contributed by atoms with E-state index in [1.165, 1.54) is 4.88 Å². The Bertz CT molecular complexity index is 347. The van der Waals surface area contributed by atoms with Crippen LogP contribution in [-0.4, -0.2) is 18.1 Å². The van der Waals surface area contributed by atoms with Gasteiger partial charge in [-0.25, -0.2) is 4.98 Å². The highest BCUT2D eigenvalue weighted by Gasteiger charge is 2.20. The molecule has 0 spiro atoms. The van der Waals surface area contributed by atoms with Gasteiger partial charge in [-0.1, -0.05) is 27.7 Å². The van der Waals surface area contributed by atoms with E-state index in [-0.39, 0.29) is 6.10 Å². The molecule has 0 aromatic carbocycles. The Morgan fingerprint density at radius 1 is 1.29 bits per heavy atom. The molecule has 4 heteroatoms. The summed E-state index contributed by atoms with van der Waals surface area (Å²) in [4.78, 5) is 5.95. The first-order valence-electron chi connectivity index (χ1n) is 6.18. The van der Waals surface area contributed by atoms with Crippen molar-refractivity contribution in [1.82, 2.24) is 10.3 Å². The molecule has 1 N–H and O–H groups in total.